The normalized spacial score (nSPS) is 20.1. The lowest BCUT2D eigenvalue weighted by Gasteiger charge is -2.35. The number of benzene rings is 1. The lowest BCUT2D eigenvalue weighted by molar-refractivity contribution is -0.140. The number of ether oxygens (including phenoxy) is 1. The third-order valence-corrected chi connectivity index (χ3v) is 5.72. The summed E-state index contributed by atoms with van der Waals surface area (Å²) < 4.78 is 7.36. The van der Waals surface area contributed by atoms with E-state index in [1.165, 1.54) is 11.8 Å². The van der Waals surface area contributed by atoms with E-state index in [4.69, 9.17) is 16.3 Å². The van der Waals surface area contributed by atoms with Crippen LogP contribution in [0.25, 0.3) is 10.9 Å². The molecular weight excluding hydrogens is 398 g/mol. The van der Waals surface area contributed by atoms with Crippen molar-refractivity contribution in [2.75, 3.05) is 18.8 Å². The number of rotatable bonds is 5. The molecule has 2 atom stereocenters. The molecule has 6 nitrogen and oxygen atoms in total. The standard InChI is InChI=1S/C20H26ClN3O3S/c1-12(2)8-24-19(26)16-7-15(21)5-6-17(16)22-20(24)28-11-18(25)23-9-13(3)27-14(4)10-23/h5-7,12-14H,8-11H2,1-4H3/t13-,14-/m1/s1. The lowest BCUT2D eigenvalue weighted by Crippen LogP contribution is -2.48. The highest BCUT2D eigenvalue weighted by atomic mass is 35.5. The molecule has 0 N–H and O–H groups in total. The molecule has 1 aromatic heterocycles. The van der Waals surface area contributed by atoms with Gasteiger partial charge in [0.2, 0.25) is 5.91 Å². The molecule has 1 amide bonds. The lowest BCUT2D eigenvalue weighted by atomic mass is 10.2. The van der Waals surface area contributed by atoms with Gasteiger partial charge in [0.15, 0.2) is 5.16 Å². The van der Waals surface area contributed by atoms with Crippen molar-refractivity contribution < 1.29 is 9.53 Å². The Balaban J connectivity index is 1.86. The minimum Gasteiger partial charge on any atom is -0.372 e. The number of thioether (sulfide) groups is 1. The summed E-state index contributed by atoms with van der Waals surface area (Å²) in [6, 6.07) is 5.12. The van der Waals surface area contributed by atoms with Crippen molar-refractivity contribution in [2.45, 2.75) is 51.6 Å². The molecule has 0 unspecified atom stereocenters. The Labute approximate surface area is 174 Å². The zero-order valence-electron chi connectivity index (χ0n) is 16.6. The third kappa shape index (κ3) is 4.88. The SMILES string of the molecule is CC(C)Cn1c(SCC(=O)N2C[C@@H](C)O[C@H](C)C2)nc2ccc(Cl)cc2c1=O. The molecular formula is C20H26ClN3O3S. The Kier molecular flexibility index (Phi) is 6.68. The average molecular weight is 424 g/mol. The van der Waals surface area contributed by atoms with Crippen LogP contribution in [0.5, 0.6) is 0 Å². The summed E-state index contributed by atoms with van der Waals surface area (Å²) in [5, 5.41) is 1.57. The number of carbonyl (C=O) groups excluding carboxylic acids is 1. The third-order valence-electron chi connectivity index (χ3n) is 4.53. The van der Waals surface area contributed by atoms with Crippen molar-refractivity contribution in [3.63, 3.8) is 0 Å². The van der Waals surface area contributed by atoms with Gasteiger partial charge in [-0.2, -0.15) is 0 Å². The minimum absolute atomic E-state index is 0.0281. The Morgan fingerprint density at radius 1 is 1.32 bits per heavy atom. The molecule has 1 saturated heterocycles. The van der Waals surface area contributed by atoms with Gasteiger partial charge in [-0.15, -0.1) is 0 Å². The predicted molar refractivity (Wildman–Crippen MR) is 113 cm³/mol. The van der Waals surface area contributed by atoms with Crippen LogP contribution in [-0.2, 0) is 16.1 Å². The van der Waals surface area contributed by atoms with Crippen LogP contribution >= 0.6 is 23.4 Å². The number of hydrogen-bond acceptors (Lipinski definition) is 5. The number of nitrogens with zero attached hydrogens (tertiary/aromatic N) is 3. The molecule has 0 spiro atoms. The van der Waals surface area contributed by atoms with Gasteiger partial charge in [0.25, 0.3) is 5.56 Å². The van der Waals surface area contributed by atoms with E-state index in [-0.39, 0.29) is 35.3 Å². The highest BCUT2D eigenvalue weighted by molar-refractivity contribution is 7.99. The number of amides is 1. The van der Waals surface area contributed by atoms with Crippen LogP contribution in [0.3, 0.4) is 0 Å². The molecule has 1 aromatic carbocycles. The first kappa shape index (κ1) is 21.1. The van der Waals surface area contributed by atoms with Gasteiger partial charge in [-0.25, -0.2) is 4.98 Å². The summed E-state index contributed by atoms with van der Waals surface area (Å²) in [4.78, 5) is 32.2. The molecule has 2 heterocycles. The Morgan fingerprint density at radius 3 is 2.64 bits per heavy atom. The van der Waals surface area contributed by atoms with Crippen molar-refractivity contribution in [2.24, 2.45) is 5.92 Å². The quantitative estimate of drug-likeness (QED) is 0.544. The van der Waals surface area contributed by atoms with Crippen LogP contribution in [0.4, 0.5) is 0 Å². The molecule has 8 heteroatoms. The fourth-order valence-electron chi connectivity index (χ4n) is 3.41. The van der Waals surface area contributed by atoms with E-state index in [0.29, 0.717) is 40.7 Å². The fourth-order valence-corrected chi connectivity index (χ4v) is 4.49. The molecule has 1 aliphatic heterocycles. The average Bonchev–Trinajstić information content (AvgIpc) is 2.62. The summed E-state index contributed by atoms with van der Waals surface area (Å²) in [5.41, 5.74) is 0.475. The molecule has 0 aliphatic carbocycles. The highest BCUT2D eigenvalue weighted by Gasteiger charge is 2.26. The number of halogens is 1. The van der Waals surface area contributed by atoms with Crippen molar-refractivity contribution in [1.29, 1.82) is 0 Å². The molecule has 3 rings (SSSR count). The van der Waals surface area contributed by atoms with Crippen LogP contribution < -0.4 is 5.56 Å². The second-order valence-corrected chi connectivity index (χ2v) is 9.09. The molecule has 152 valence electrons. The van der Waals surface area contributed by atoms with E-state index in [2.05, 4.69) is 4.98 Å². The maximum absolute atomic E-state index is 13.0. The Morgan fingerprint density at radius 2 is 2.00 bits per heavy atom. The minimum atomic E-state index is -0.121. The van der Waals surface area contributed by atoms with E-state index in [1.54, 1.807) is 22.8 Å². The molecule has 1 fully saturated rings. The van der Waals surface area contributed by atoms with Crippen LogP contribution in [0, 0.1) is 5.92 Å². The summed E-state index contributed by atoms with van der Waals surface area (Å²) in [5.74, 6) is 0.545. The largest absolute Gasteiger partial charge is 0.372 e. The predicted octanol–water partition coefficient (Wildman–Crippen LogP) is 3.43. The van der Waals surface area contributed by atoms with E-state index in [9.17, 15) is 9.59 Å². The maximum Gasteiger partial charge on any atom is 0.262 e. The maximum atomic E-state index is 13.0. The monoisotopic (exact) mass is 423 g/mol. The number of fused-ring (bicyclic) bond motifs is 1. The first-order chi connectivity index (χ1) is 13.2. The van der Waals surface area contributed by atoms with Crippen molar-refractivity contribution in [3.05, 3.63) is 33.6 Å². The van der Waals surface area contributed by atoms with E-state index < -0.39 is 0 Å². The molecule has 0 radical (unpaired) electrons. The fraction of sp³-hybridized carbons (Fsp3) is 0.550. The first-order valence-corrected chi connectivity index (χ1v) is 10.9. The molecule has 0 bridgehead atoms. The second-order valence-electron chi connectivity index (χ2n) is 7.71. The summed E-state index contributed by atoms with van der Waals surface area (Å²) >= 11 is 7.37. The van der Waals surface area contributed by atoms with Gasteiger partial charge >= 0.3 is 0 Å². The van der Waals surface area contributed by atoms with Gasteiger partial charge in [-0.1, -0.05) is 37.2 Å². The van der Waals surface area contributed by atoms with Gasteiger partial charge in [0.1, 0.15) is 0 Å². The van der Waals surface area contributed by atoms with E-state index in [0.717, 1.165) is 0 Å². The Hall–Kier alpha value is -1.57. The van der Waals surface area contributed by atoms with Gasteiger partial charge in [-0.05, 0) is 38.0 Å². The van der Waals surface area contributed by atoms with Crippen LogP contribution in [0.2, 0.25) is 5.02 Å². The first-order valence-electron chi connectivity index (χ1n) is 9.50. The van der Waals surface area contributed by atoms with Crippen molar-refractivity contribution >= 4 is 40.2 Å². The van der Waals surface area contributed by atoms with Crippen LogP contribution in [0.1, 0.15) is 27.7 Å². The Bertz CT molecular complexity index is 921. The molecule has 2 aromatic rings. The molecule has 0 saturated carbocycles. The van der Waals surface area contributed by atoms with Crippen LogP contribution in [-0.4, -0.2) is 51.4 Å². The summed E-state index contributed by atoms with van der Waals surface area (Å²) in [7, 11) is 0. The number of aromatic nitrogens is 2. The summed E-state index contributed by atoms with van der Waals surface area (Å²) in [6.45, 7) is 9.75. The zero-order valence-corrected chi connectivity index (χ0v) is 18.2. The molecule has 1 aliphatic rings. The number of hydrogen-bond donors (Lipinski definition) is 0. The van der Waals surface area contributed by atoms with Gasteiger partial charge in [0.05, 0.1) is 28.9 Å². The number of morpholine rings is 1. The van der Waals surface area contributed by atoms with Gasteiger partial charge in [-0.3, -0.25) is 14.2 Å². The highest BCUT2D eigenvalue weighted by Crippen LogP contribution is 2.22. The smallest absolute Gasteiger partial charge is 0.262 e. The summed E-state index contributed by atoms with van der Waals surface area (Å²) in [6.07, 6.45) is 0.0562. The van der Waals surface area contributed by atoms with Gasteiger partial charge in [0, 0.05) is 24.7 Å². The van der Waals surface area contributed by atoms with Gasteiger partial charge < -0.3 is 9.64 Å². The number of carbonyl (C=O) groups is 1. The topological polar surface area (TPSA) is 64.4 Å². The van der Waals surface area contributed by atoms with E-state index >= 15 is 0 Å². The van der Waals surface area contributed by atoms with Crippen molar-refractivity contribution in [3.8, 4) is 0 Å². The zero-order chi connectivity index (χ0) is 20.4. The molecule has 28 heavy (non-hydrogen) atoms. The van der Waals surface area contributed by atoms with Crippen molar-refractivity contribution in [1.82, 2.24) is 14.5 Å². The van der Waals surface area contributed by atoms with E-state index in [1.807, 2.05) is 32.6 Å². The van der Waals surface area contributed by atoms with Crippen LogP contribution in [0.15, 0.2) is 28.2 Å². The second kappa shape index (κ2) is 8.84.